The molecule has 25 heavy (non-hydrogen) atoms. The van der Waals surface area contributed by atoms with Gasteiger partial charge in [0.05, 0.1) is 5.41 Å². The Kier molecular flexibility index (Phi) is 5.86. The van der Waals surface area contributed by atoms with Gasteiger partial charge >= 0.3 is 5.97 Å². The molecule has 1 aromatic carbocycles. The number of carbonyl (C=O) groups is 1. The smallest absolute Gasteiger partial charge is 0.309 e. The van der Waals surface area contributed by atoms with Gasteiger partial charge in [0, 0.05) is 0 Å². The van der Waals surface area contributed by atoms with Crippen molar-refractivity contribution in [3.05, 3.63) is 35.4 Å². The standard InChI is InChI=1S/C23H34O2/c1-3-4-17-5-7-18(8-6-17)19-9-11-20(12-10-19)21-13-15-23(2,16-14-21)22(24)25/h5-8,19-21H,3-4,9-16H2,1-2H3,(H,24,25). The lowest BCUT2D eigenvalue weighted by molar-refractivity contribution is -0.150. The van der Waals surface area contributed by atoms with Crippen LogP contribution in [0.25, 0.3) is 0 Å². The normalized spacial score (nSPS) is 33.1. The number of carboxylic acid groups (broad SMARTS) is 1. The van der Waals surface area contributed by atoms with Crippen LogP contribution in [0.1, 0.15) is 88.7 Å². The molecule has 0 amide bonds. The molecular weight excluding hydrogens is 308 g/mol. The van der Waals surface area contributed by atoms with Crippen LogP contribution in [0.3, 0.4) is 0 Å². The second-order valence-electron chi connectivity index (χ2n) is 8.81. The molecule has 2 aliphatic carbocycles. The fourth-order valence-electron chi connectivity index (χ4n) is 5.13. The summed E-state index contributed by atoms with van der Waals surface area (Å²) in [5, 5.41) is 9.41. The van der Waals surface area contributed by atoms with Crippen molar-refractivity contribution in [1.29, 1.82) is 0 Å². The molecule has 2 nitrogen and oxygen atoms in total. The summed E-state index contributed by atoms with van der Waals surface area (Å²) in [6.07, 6.45) is 11.6. The lowest BCUT2D eigenvalue weighted by Gasteiger charge is -2.40. The lowest BCUT2D eigenvalue weighted by atomic mass is 9.64. The Balaban J connectivity index is 1.50. The van der Waals surface area contributed by atoms with E-state index in [2.05, 4.69) is 31.2 Å². The van der Waals surface area contributed by atoms with E-state index in [-0.39, 0.29) is 0 Å². The summed E-state index contributed by atoms with van der Waals surface area (Å²) in [6, 6.07) is 9.35. The minimum atomic E-state index is -0.596. The molecule has 0 heterocycles. The van der Waals surface area contributed by atoms with Gasteiger partial charge in [0.25, 0.3) is 0 Å². The van der Waals surface area contributed by atoms with E-state index in [1.54, 1.807) is 0 Å². The second-order valence-corrected chi connectivity index (χ2v) is 8.81. The highest BCUT2D eigenvalue weighted by Gasteiger charge is 2.40. The van der Waals surface area contributed by atoms with Gasteiger partial charge in [-0.2, -0.15) is 0 Å². The van der Waals surface area contributed by atoms with E-state index in [0.29, 0.717) is 0 Å². The number of benzene rings is 1. The largest absolute Gasteiger partial charge is 0.481 e. The number of aryl methyl sites for hydroxylation is 1. The fraction of sp³-hybridized carbons (Fsp3) is 0.696. The molecule has 138 valence electrons. The molecule has 2 fully saturated rings. The average Bonchev–Trinajstić information content (AvgIpc) is 2.63. The Bertz CT molecular complexity index is 558. The number of hydrogen-bond donors (Lipinski definition) is 1. The van der Waals surface area contributed by atoms with Gasteiger partial charge < -0.3 is 5.11 Å². The second kappa shape index (κ2) is 7.93. The van der Waals surface area contributed by atoms with Crippen molar-refractivity contribution < 1.29 is 9.90 Å². The predicted molar refractivity (Wildman–Crippen MR) is 103 cm³/mol. The SMILES string of the molecule is CCCc1ccc(C2CCC(C3CCC(C)(C(=O)O)CC3)CC2)cc1. The van der Waals surface area contributed by atoms with E-state index in [9.17, 15) is 9.90 Å². The van der Waals surface area contributed by atoms with Gasteiger partial charge in [-0.15, -0.1) is 0 Å². The first-order valence-electron chi connectivity index (χ1n) is 10.3. The molecule has 1 N–H and O–H groups in total. The summed E-state index contributed by atoms with van der Waals surface area (Å²) in [7, 11) is 0. The molecule has 0 saturated heterocycles. The van der Waals surface area contributed by atoms with E-state index in [0.717, 1.165) is 43.4 Å². The minimum Gasteiger partial charge on any atom is -0.481 e. The van der Waals surface area contributed by atoms with Crippen LogP contribution in [0.2, 0.25) is 0 Å². The van der Waals surface area contributed by atoms with Crippen molar-refractivity contribution in [1.82, 2.24) is 0 Å². The van der Waals surface area contributed by atoms with Gasteiger partial charge in [-0.3, -0.25) is 4.79 Å². The number of carboxylic acids is 1. The summed E-state index contributed by atoms with van der Waals surface area (Å²) < 4.78 is 0. The van der Waals surface area contributed by atoms with E-state index in [1.165, 1.54) is 49.7 Å². The summed E-state index contributed by atoms with van der Waals surface area (Å²) in [6.45, 7) is 4.17. The predicted octanol–water partition coefficient (Wildman–Crippen LogP) is 6.19. The topological polar surface area (TPSA) is 37.3 Å². The van der Waals surface area contributed by atoms with Crippen LogP contribution in [0.5, 0.6) is 0 Å². The minimum absolute atomic E-state index is 0.464. The molecule has 1 aromatic rings. The van der Waals surface area contributed by atoms with Crippen LogP contribution in [-0.2, 0) is 11.2 Å². The lowest BCUT2D eigenvalue weighted by Crippen LogP contribution is -2.35. The third-order valence-electron chi connectivity index (χ3n) is 7.08. The summed E-state index contributed by atoms with van der Waals surface area (Å²) >= 11 is 0. The Morgan fingerprint density at radius 1 is 1.00 bits per heavy atom. The van der Waals surface area contributed by atoms with Crippen LogP contribution >= 0.6 is 0 Å². The van der Waals surface area contributed by atoms with Crippen LogP contribution < -0.4 is 0 Å². The van der Waals surface area contributed by atoms with Gasteiger partial charge in [0.15, 0.2) is 0 Å². The van der Waals surface area contributed by atoms with Gasteiger partial charge in [-0.1, -0.05) is 37.6 Å². The van der Waals surface area contributed by atoms with Crippen molar-refractivity contribution in [3.8, 4) is 0 Å². The Morgan fingerprint density at radius 2 is 1.56 bits per heavy atom. The Morgan fingerprint density at radius 3 is 2.08 bits per heavy atom. The summed E-state index contributed by atoms with van der Waals surface area (Å²) in [5.41, 5.74) is 2.53. The molecule has 0 radical (unpaired) electrons. The van der Waals surface area contributed by atoms with Crippen LogP contribution in [0.15, 0.2) is 24.3 Å². The quantitative estimate of drug-likeness (QED) is 0.692. The first-order valence-corrected chi connectivity index (χ1v) is 10.3. The highest BCUT2D eigenvalue weighted by atomic mass is 16.4. The monoisotopic (exact) mass is 342 g/mol. The summed E-state index contributed by atoms with van der Waals surface area (Å²) in [5.74, 6) is 1.73. The highest BCUT2D eigenvalue weighted by molar-refractivity contribution is 5.74. The summed E-state index contributed by atoms with van der Waals surface area (Å²) in [4.78, 5) is 11.4. The van der Waals surface area contributed by atoms with Gasteiger partial charge in [-0.25, -0.2) is 0 Å². The first kappa shape index (κ1) is 18.5. The molecular formula is C23H34O2. The van der Waals surface area contributed by atoms with Crippen molar-refractivity contribution in [2.75, 3.05) is 0 Å². The molecule has 0 spiro atoms. The fourth-order valence-corrected chi connectivity index (χ4v) is 5.13. The zero-order valence-corrected chi connectivity index (χ0v) is 16.0. The van der Waals surface area contributed by atoms with Crippen molar-refractivity contribution in [3.63, 3.8) is 0 Å². The highest BCUT2D eigenvalue weighted by Crippen LogP contribution is 2.47. The van der Waals surface area contributed by atoms with Crippen LogP contribution in [0.4, 0.5) is 0 Å². The van der Waals surface area contributed by atoms with Gasteiger partial charge in [-0.05, 0) is 93.6 Å². The third kappa shape index (κ3) is 4.27. The van der Waals surface area contributed by atoms with Crippen molar-refractivity contribution in [2.24, 2.45) is 17.3 Å². The maximum atomic E-state index is 11.4. The third-order valence-corrected chi connectivity index (χ3v) is 7.08. The Hall–Kier alpha value is -1.31. The Labute approximate surface area is 153 Å². The molecule has 2 saturated carbocycles. The molecule has 0 atom stereocenters. The maximum absolute atomic E-state index is 11.4. The molecule has 0 bridgehead atoms. The average molecular weight is 343 g/mol. The molecule has 0 aromatic heterocycles. The molecule has 2 aliphatic rings. The first-order chi connectivity index (χ1) is 12.0. The number of rotatable bonds is 5. The van der Waals surface area contributed by atoms with Gasteiger partial charge in [0.1, 0.15) is 0 Å². The number of hydrogen-bond acceptors (Lipinski definition) is 1. The van der Waals surface area contributed by atoms with E-state index >= 15 is 0 Å². The van der Waals surface area contributed by atoms with Crippen LogP contribution in [0, 0.1) is 17.3 Å². The maximum Gasteiger partial charge on any atom is 0.309 e. The zero-order chi connectivity index (χ0) is 17.9. The molecule has 3 rings (SSSR count). The van der Waals surface area contributed by atoms with Crippen molar-refractivity contribution >= 4 is 5.97 Å². The van der Waals surface area contributed by atoms with E-state index in [4.69, 9.17) is 0 Å². The number of aliphatic carboxylic acids is 1. The molecule has 2 heteroatoms. The van der Waals surface area contributed by atoms with E-state index < -0.39 is 11.4 Å². The van der Waals surface area contributed by atoms with E-state index in [1.807, 2.05) is 6.92 Å². The molecule has 0 unspecified atom stereocenters. The van der Waals surface area contributed by atoms with Gasteiger partial charge in [0.2, 0.25) is 0 Å². The van der Waals surface area contributed by atoms with Crippen LogP contribution in [-0.4, -0.2) is 11.1 Å². The zero-order valence-electron chi connectivity index (χ0n) is 16.0. The van der Waals surface area contributed by atoms with Crippen molar-refractivity contribution in [2.45, 2.75) is 84.0 Å². The molecule has 0 aliphatic heterocycles.